The van der Waals surface area contributed by atoms with Crippen molar-refractivity contribution in [2.45, 2.75) is 49.1 Å². The molecule has 2 amide bonds. The van der Waals surface area contributed by atoms with Crippen LogP contribution in [0, 0.1) is 0 Å². The molecule has 0 radical (unpaired) electrons. The smallest absolute Gasteiger partial charge is 0.259 e. The highest BCUT2D eigenvalue weighted by molar-refractivity contribution is 6.20. The van der Waals surface area contributed by atoms with E-state index in [0.29, 0.717) is 11.5 Å². The SMILES string of the molecule is COc1ccc(C2(c3ccc(OC)cc3)C(=O)N(C3CCCCC3)C23C(=O)N(C)c2ccccc23)cc1. The zero-order valence-corrected chi connectivity index (χ0v) is 21.6. The average molecular weight is 497 g/mol. The number of hydrogen-bond acceptors (Lipinski definition) is 4. The third-order valence-electron chi connectivity index (χ3n) is 8.70. The normalized spacial score (nSPS) is 22.7. The van der Waals surface area contributed by atoms with Gasteiger partial charge in [0.15, 0.2) is 5.54 Å². The monoisotopic (exact) mass is 496 g/mol. The number of ether oxygens (including phenoxy) is 2. The molecule has 1 saturated heterocycles. The second-order valence-electron chi connectivity index (χ2n) is 10.3. The Morgan fingerprint density at radius 3 is 1.81 bits per heavy atom. The van der Waals surface area contributed by atoms with Crippen molar-refractivity contribution in [2.24, 2.45) is 0 Å². The summed E-state index contributed by atoms with van der Waals surface area (Å²) in [7, 11) is 5.08. The highest BCUT2D eigenvalue weighted by Crippen LogP contribution is 2.66. The van der Waals surface area contributed by atoms with Crippen molar-refractivity contribution in [3.8, 4) is 11.5 Å². The summed E-state index contributed by atoms with van der Waals surface area (Å²) in [6, 6.07) is 23.2. The Balaban J connectivity index is 1.68. The molecule has 37 heavy (non-hydrogen) atoms. The Morgan fingerprint density at radius 2 is 1.27 bits per heavy atom. The van der Waals surface area contributed by atoms with Gasteiger partial charge >= 0.3 is 0 Å². The molecule has 2 heterocycles. The van der Waals surface area contributed by atoms with Crippen molar-refractivity contribution in [3.63, 3.8) is 0 Å². The standard InChI is InChI=1S/C31H32N2O4/c1-32-27-12-8-7-11-26(27)31(29(32)35)30(21-13-17-24(36-2)18-14-21,22-15-19-25(37-3)20-16-22)28(34)33(31)23-9-5-4-6-10-23/h7-8,11-20,23H,4-6,9-10H2,1-3H3. The van der Waals surface area contributed by atoms with Crippen LogP contribution in [0.25, 0.3) is 0 Å². The topological polar surface area (TPSA) is 59.1 Å². The van der Waals surface area contributed by atoms with Gasteiger partial charge in [-0.1, -0.05) is 61.7 Å². The van der Waals surface area contributed by atoms with Gasteiger partial charge in [0.1, 0.15) is 16.9 Å². The van der Waals surface area contributed by atoms with Crippen LogP contribution < -0.4 is 14.4 Å². The number of amides is 2. The third-order valence-corrected chi connectivity index (χ3v) is 8.70. The number of β-lactam (4-membered cyclic amide) rings is 1. The van der Waals surface area contributed by atoms with Gasteiger partial charge in [-0.3, -0.25) is 9.59 Å². The zero-order valence-electron chi connectivity index (χ0n) is 21.6. The summed E-state index contributed by atoms with van der Waals surface area (Å²) in [6.45, 7) is 0. The van der Waals surface area contributed by atoms with Gasteiger partial charge in [-0.05, 0) is 54.3 Å². The number of carbonyl (C=O) groups excluding carboxylic acids is 2. The predicted octanol–water partition coefficient (Wildman–Crippen LogP) is 5.04. The molecule has 1 aliphatic carbocycles. The van der Waals surface area contributed by atoms with Gasteiger partial charge in [-0.15, -0.1) is 0 Å². The number of para-hydroxylation sites is 1. The second-order valence-corrected chi connectivity index (χ2v) is 10.3. The summed E-state index contributed by atoms with van der Waals surface area (Å²) in [4.78, 5) is 33.1. The van der Waals surface area contributed by atoms with Gasteiger partial charge in [0, 0.05) is 24.3 Å². The van der Waals surface area contributed by atoms with Crippen LogP contribution in [-0.2, 0) is 20.5 Å². The van der Waals surface area contributed by atoms with Gasteiger partial charge in [0.2, 0.25) is 5.91 Å². The minimum Gasteiger partial charge on any atom is -0.497 e. The number of nitrogens with zero attached hydrogens (tertiary/aromatic N) is 2. The van der Waals surface area contributed by atoms with Gasteiger partial charge < -0.3 is 19.3 Å². The Hall–Kier alpha value is -3.80. The first kappa shape index (κ1) is 23.6. The van der Waals surface area contributed by atoms with Crippen LogP contribution in [0.1, 0.15) is 48.8 Å². The van der Waals surface area contributed by atoms with Crippen molar-refractivity contribution in [2.75, 3.05) is 26.2 Å². The Morgan fingerprint density at radius 1 is 0.730 bits per heavy atom. The van der Waals surface area contributed by atoms with Crippen LogP contribution in [0.4, 0.5) is 5.69 Å². The number of hydrogen-bond donors (Lipinski definition) is 0. The van der Waals surface area contributed by atoms with E-state index in [1.54, 1.807) is 19.1 Å². The molecular formula is C31H32N2O4. The van der Waals surface area contributed by atoms with E-state index in [1.807, 2.05) is 84.7 Å². The lowest BCUT2D eigenvalue weighted by atomic mass is 9.50. The second kappa shape index (κ2) is 8.65. The maximum Gasteiger partial charge on any atom is 0.259 e. The molecule has 3 aliphatic rings. The molecule has 0 N–H and O–H groups in total. The minimum atomic E-state index is -1.22. The molecule has 0 bridgehead atoms. The number of carbonyl (C=O) groups is 2. The highest BCUT2D eigenvalue weighted by Gasteiger charge is 2.80. The number of anilines is 1. The van der Waals surface area contributed by atoms with E-state index < -0.39 is 11.0 Å². The fourth-order valence-electron chi connectivity index (χ4n) is 7.04. The lowest BCUT2D eigenvalue weighted by molar-refractivity contribution is -0.187. The molecular weight excluding hydrogens is 464 g/mol. The summed E-state index contributed by atoms with van der Waals surface area (Å²) in [5.74, 6) is 1.32. The first-order valence-corrected chi connectivity index (χ1v) is 13.0. The Bertz CT molecular complexity index is 1300. The van der Waals surface area contributed by atoms with Crippen molar-refractivity contribution in [1.82, 2.24) is 4.90 Å². The zero-order chi connectivity index (χ0) is 25.8. The number of fused-ring (bicyclic) bond motifs is 2. The van der Waals surface area contributed by atoms with Crippen LogP contribution in [0.2, 0.25) is 0 Å². The summed E-state index contributed by atoms with van der Waals surface area (Å²) in [5, 5.41) is 0. The number of likely N-dealkylation sites (N-methyl/N-ethyl adjacent to an activating group) is 1. The summed E-state index contributed by atoms with van der Waals surface area (Å²) < 4.78 is 10.9. The maximum absolute atomic E-state index is 14.8. The van der Waals surface area contributed by atoms with Crippen molar-refractivity contribution >= 4 is 17.5 Å². The number of likely N-dealkylation sites (tertiary alicyclic amines) is 1. The van der Waals surface area contributed by atoms with Gasteiger partial charge in [0.05, 0.1) is 14.2 Å². The lowest BCUT2D eigenvalue weighted by Crippen LogP contribution is -2.83. The van der Waals surface area contributed by atoms with Crippen LogP contribution in [0.15, 0.2) is 72.8 Å². The van der Waals surface area contributed by atoms with Crippen molar-refractivity contribution < 1.29 is 19.1 Å². The van der Waals surface area contributed by atoms with Gasteiger partial charge in [-0.2, -0.15) is 0 Å². The minimum absolute atomic E-state index is 0.0202. The summed E-state index contributed by atoms with van der Waals surface area (Å²) in [5.41, 5.74) is 0.913. The summed E-state index contributed by atoms with van der Waals surface area (Å²) in [6.07, 6.45) is 5.11. The molecule has 190 valence electrons. The van der Waals surface area contributed by atoms with E-state index in [-0.39, 0.29) is 17.9 Å². The predicted molar refractivity (Wildman–Crippen MR) is 142 cm³/mol. The molecule has 6 heteroatoms. The average Bonchev–Trinajstić information content (AvgIpc) is 3.19. The van der Waals surface area contributed by atoms with Crippen molar-refractivity contribution in [1.29, 1.82) is 0 Å². The molecule has 2 aliphatic heterocycles. The molecule has 0 aromatic heterocycles. The number of rotatable bonds is 5. The van der Waals surface area contributed by atoms with Crippen LogP contribution in [0.3, 0.4) is 0 Å². The quantitative estimate of drug-likeness (QED) is 0.465. The van der Waals surface area contributed by atoms with E-state index in [4.69, 9.17) is 9.47 Å². The van der Waals surface area contributed by atoms with Crippen LogP contribution in [0.5, 0.6) is 11.5 Å². The molecule has 1 saturated carbocycles. The van der Waals surface area contributed by atoms with E-state index in [9.17, 15) is 9.59 Å². The van der Waals surface area contributed by atoms with Gasteiger partial charge in [0.25, 0.3) is 5.91 Å². The fraction of sp³-hybridized carbons (Fsp3) is 0.355. The first-order chi connectivity index (χ1) is 18.0. The largest absolute Gasteiger partial charge is 0.497 e. The van der Waals surface area contributed by atoms with E-state index >= 15 is 0 Å². The molecule has 3 aromatic rings. The molecule has 3 aromatic carbocycles. The Kier molecular flexibility index (Phi) is 5.51. The van der Waals surface area contributed by atoms with E-state index in [0.717, 1.165) is 54.5 Å². The molecule has 1 atom stereocenters. The lowest BCUT2D eigenvalue weighted by Gasteiger charge is -2.65. The van der Waals surface area contributed by atoms with Crippen LogP contribution >= 0.6 is 0 Å². The third kappa shape index (κ3) is 2.93. The van der Waals surface area contributed by atoms with Crippen molar-refractivity contribution in [3.05, 3.63) is 89.5 Å². The molecule has 1 spiro atoms. The maximum atomic E-state index is 14.8. The molecule has 1 unspecified atom stereocenters. The number of benzene rings is 3. The molecule has 6 nitrogen and oxygen atoms in total. The summed E-state index contributed by atoms with van der Waals surface area (Å²) >= 11 is 0. The molecule has 6 rings (SSSR count). The van der Waals surface area contributed by atoms with Crippen LogP contribution in [-0.4, -0.2) is 44.0 Å². The molecule has 2 fully saturated rings. The van der Waals surface area contributed by atoms with E-state index in [1.165, 1.54) is 0 Å². The fourth-order valence-corrected chi connectivity index (χ4v) is 7.04. The first-order valence-electron chi connectivity index (χ1n) is 13.0. The Labute approximate surface area is 217 Å². The highest BCUT2D eigenvalue weighted by atomic mass is 16.5. The van der Waals surface area contributed by atoms with Gasteiger partial charge in [-0.25, -0.2) is 0 Å². The van der Waals surface area contributed by atoms with E-state index in [2.05, 4.69) is 0 Å². The number of methoxy groups -OCH3 is 2.